The van der Waals surface area contributed by atoms with Crippen molar-refractivity contribution in [1.82, 2.24) is 25.0 Å². The molecule has 0 spiro atoms. The standard InChI is InChI=1S/C13H21F2N5O/c1-9-17-18-12(19(9)2)8-20-5-3-4-10(7-20)13(21)16-6-11(14)15/h10-11H,3-8H2,1-2H3,(H,16,21). The smallest absolute Gasteiger partial charge is 0.255 e. The normalized spacial score (nSPS) is 20.0. The van der Waals surface area contributed by atoms with Crippen molar-refractivity contribution in [2.24, 2.45) is 13.0 Å². The van der Waals surface area contributed by atoms with Crippen molar-refractivity contribution in [2.75, 3.05) is 19.6 Å². The van der Waals surface area contributed by atoms with E-state index in [2.05, 4.69) is 20.4 Å². The summed E-state index contributed by atoms with van der Waals surface area (Å²) in [6.07, 6.45) is -0.886. The molecule has 6 nitrogen and oxygen atoms in total. The minimum absolute atomic E-state index is 0.230. The predicted molar refractivity (Wildman–Crippen MR) is 72.8 cm³/mol. The van der Waals surface area contributed by atoms with Gasteiger partial charge in [0, 0.05) is 13.6 Å². The summed E-state index contributed by atoms with van der Waals surface area (Å²) < 4.78 is 26.2. The van der Waals surface area contributed by atoms with E-state index in [-0.39, 0.29) is 11.8 Å². The van der Waals surface area contributed by atoms with Crippen LogP contribution in [0.2, 0.25) is 0 Å². The fraction of sp³-hybridized carbons (Fsp3) is 0.769. The summed E-state index contributed by atoms with van der Waals surface area (Å²) in [6.45, 7) is 3.38. The van der Waals surface area contributed by atoms with Crippen molar-refractivity contribution >= 4 is 5.91 Å². The van der Waals surface area contributed by atoms with E-state index >= 15 is 0 Å². The summed E-state index contributed by atoms with van der Waals surface area (Å²) >= 11 is 0. The Balaban J connectivity index is 1.88. The Morgan fingerprint density at radius 2 is 2.24 bits per heavy atom. The molecule has 1 aliphatic heterocycles. The third-order valence-corrected chi connectivity index (χ3v) is 3.85. The van der Waals surface area contributed by atoms with E-state index in [1.54, 1.807) is 0 Å². The molecule has 2 rings (SSSR count). The highest BCUT2D eigenvalue weighted by Crippen LogP contribution is 2.18. The maximum absolute atomic E-state index is 12.1. The summed E-state index contributed by atoms with van der Waals surface area (Å²) in [5.41, 5.74) is 0. The maximum Gasteiger partial charge on any atom is 0.255 e. The number of hydrogen-bond donors (Lipinski definition) is 1. The molecule has 0 bridgehead atoms. The molecule has 1 fully saturated rings. The molecule has 1 unspecified atom stereocenters. The molecule has 1 atom stereocenters. The molecule has 21 heavy (non-hydrogen) atoms. The van der Waals surface area contributed by atoms with Crippen molar-refractivity contribution in [3.05, 3.63) is 11.6 Å². The first kappa shape index (κ1) is 15.8. The number of rotatable bonds is 5. The van der Waals surface area contributed by atoms with Gasteiger partial charge in [-0.15, -0.1) is 10.2 Å². The number of likely N-dealkylation sites (tertiary alicyclic amines) is 1. The molecule has 0 aromatic carbocycles. The van der Waals surface area contributed by atoms with Crippen LogP contribution in [0.1, 0.15) is 24.5 Å². The maximum atomic E-state index is 12.1. The van der Waals surface area contributed by atoms with Crippen LogP contribution in [0.5, 0.6) is 0 Å². The van der Waals surface area contributed by atoms with Gasteiger partial charge in [0.05, 0.1) is 19.0 Å². The third kappa shape index (κ3) is 4.20. The van der Waals surface area contributed by atoms with Crippen LogP contribution in [0.25, 0.3) is 0 Å². The first-order valence-corrected chi connectivity index (χ1v) is 7.10. The molecule has 1 aliphatic rings. The number of aromatic nitrogens is 3. The largest absolute Gasteiger partial charge is 0.350 e. The molecule has 1 aromatic heterocycles. The number of aryl methyl sites for hydroxylation is 1. The van der Waals surface area contributed by atoms with Gasteiger partial charge in [0.15, 0.2) is 0 Å². The summed E-state index contributed by atoms with van der Waals surface area (Å²) in [6, 6.07) is 0. The highest BCUT2D eigenvalue weighted by atomic mass is 19.3. The molecular weight excluding hydrogens is 280 g/mol. The second-order valence-corrected chi connectivity index (χ2v) is 5.43. The van der Waals surface area contributed by atoms with Crippen LogP contribution < -0.4 is 5.32 Å². The molecule has 8 heteroatoms. The topological polar surface area (TPSA) is 63.1 Å². The fourth-order valence-electron chi connectivity index (χ4n) is 2.52. The van der Waals surface area contributed by atoms with E-state index in [4.69, 9.17) is 0 Å². The molecule has 118 valence electrons. The van der Waals surface area contributed by atoms with Crippen LogP contribution in [0.4, 0.5) is 8.78 Å². The Morgan fingerprint density at radius 1 is 1.48 bits per heavy atom. The number of piperidine rings is 1. The van der Waals surface area contributed by atoms with Gasteiger partial charge in [-0.3, -0.25) is 9.69 Å². The summed E-state index contributed by atoms with van der Waals surface area (Å²) in [4.78, 5) is 14.0. The number of halogens is 2. The molecular formula is C13H21F2N5O. The number of alkyl halides is 2. The molecule has 1 amide bonds. The quantitative estimate of drug-likeness (QED) is 0.870. The second kappa shape index (κ2) is 6.93. The number of carbonyl (C=O) groups is 1. The van der Waals surface area contributed by atoms with Gasteiger partial charge in [-0.1, -0.05) is 0 Å². The van der Waals surface area contributed by atoms with Gasteiger partial charge in [-0.05, 0) is 26.3 Å². The zero-order chi connectivity index (χ0) is 15.4. The zero-order valence-electron chi connectivity index (χ0n) is 12.4. The monoisotopic (exact) mass is 301 g/mol. The van der Waals surface area contributed by atoms with Gasteiger partial charge in [0.2, 0.25) is 5.91 Å². The van der Waals surface area contributed by atoms with Crippen molar-refractivity contribution in [1.29, 1.82) is 0 Å². The Morgan fingerprint density at radius 3 is 2.86 bits per heavy atom. The molecule has 0 saturated carbocycles. The van der Waals surface area contributed by atoms with E-state index in [1.165, 1.54) is 0 Å². The number of amides is 1. The number of hydrogen-bond acceptors (Lipinski definition) is 4. The lowest BCUT2D eigenvalue weighted by atomic mass is 9.97. The van der Waals surface area contributed by atoms with Gasteiger partial charge in [0.25, 0.3) is 6.43 Å². The summed E-state index contributed by atoms with van der Waals surface area (Å²) in [5, 5.41) is 10.4. The van der Waals surface area contributed by atoms with Gasteiger partial charge >= 0.3 is 0 Å². The van der Waals surface area contributed by atoms with Crippen LogP contribution in [-0.4, -0.2) is 51.6 Å². The Hall–Kier alpha value is -1.57. The Kier molecular flexibility index (Phi) is 5.22. The minimum Gasteiger partial charge on any atom is -0.350 e. The first-order valence-electron chi connectivity index (χ1n) is 7.10. The van der Waals surface area contributed by atoms with Crippen molar-refractivity contribution in [3.63, 3.8) is 0 Å². The molecule has 1 saturated heterocycles. The van der Waals surface area contributed by atoms with Crippen LogP contribution in [0.15, 0.2) is 0 Å². The molecule has 0 aliphatic carbocycles. The Bertz CT molecular complexity index is 491. The second-order valence-electron chi connectivity index (χ2n) is 5.43. The van der Waals surface area contributed by atoms with Crippen molar-refractivity contribution in [2.45, 2.75) is 32.7 Å². The Labute approximate surface area is 122 Å². The van der Waals surface area contributed by atoms with Crippen LogP contribution in [-0.2, 0) is 18.4 Å². The summed E-state index contributed by atoms with van der Waals surface area (Å²) in [5.74, 6) is 1.18. The predicted octanol–water partition coefficient (Wildman–Crippen LogP) is 0.717. The lowest BCUT2D eigenvalue weighted by molar-refractivity contribution is -0.127. The average molecular weight is 301 g/mol. The van der Waals surface area contributed by atoms with Crippen molar-refractivity contribution < 1.29 is 13.6 Å². The number of nitrogens with zero attached hydrogens (tertiary/aromatic N) is 4. The summed E-state index contributed by atoms with van der Waals surface area (Å²) in [7, 11) is 1.90. The lowest BCUT2D eigenvalue weighted by Crippen LogP contribution is -2.43. The molecule has 2 heterocycles. The van der Waals surface area contributed by atoms with E-state index in [0.29, 0.717) is 13.1 Å². The zero-order valence-corrected chi connectivity index (χ0v) is 12.4. The van der Waals surface area contributed by atoms with Crippen molar-refractivity contribution in [3.8, 4) is 0 Å². The molecule has 1 aromatic rings. The minimum atomic E-state index is -2.50. The molecule has 1 N–H and O–H groups in total. The van der Waals surface area contributed by atoms with E-state index < -0.39 is 13.0 Å². The highest BCUT2D eigenvalue weighted by Gasteiger charge is 2.26. The van der Waals surface area contributed by atoms with Gasteiger partial charge in [-0.25, -0.2) is 8.78 Å². The van der Waals surface area contributed by atoms with Crippen LogP contribution in [0.3, 0.4) is 0 Å². The third-order valence-electron chi connectivity index (χ3n) is 3.85. The molecule has 0 radical (unpaired) electrons. The lowest BCUT2D eigenvalue weighted by Gasteiger charge is -2.31. The van der Waals surface area contributed by atoms with Gasteiger partial charge in [0.1, 0.15) is 11.6 Å². The average Bonchev–Trinajstić information content (AvgIpc) is 2.77. The van der Waals surface area contributed by atoms with E-state index in [0.717, 1.165) is 31.0 Å². The van der Waals surface area contributed by atoms with Gasteiger partial charge in [-0.2, -0.15) is 0 Å². The SMILES string of the molecule is Cc1nnc(CN2CCCC(C(=O)NCC(F)F)C2)n1C. The first-order chi connectivity index (χ1) is 9.97. The van der Waals surface area contributed by atoms with Gasteiger partial charge < -0.3 is 9.88 Å². The van der Waals surface area contributed by atoms with Crippen LogP contribution in [0, 0.1) is 12.8 Å². The fourth-order valence-corrected chi connectivity index (χ4v) is 2.52. The highest BCUT2D eigenvalue weighted by molar-refractivity contribution is 5.78. The van der Waals surface area contributed by atoms with Crippen LogP contribution >= 0.6 is 0 Å². The van der Waals surface area contributed by atoms with E-state index in [1.807, 2.05) is 18.5 Å². The number of nitrogens with one attached hydrogen (secondary N) is 1. The van der Waals surface area contributed by atoms with E-state index in [9.17, 15) is 13.6 Å². The number of carbonyl (C=O) groups excluding carboxylic acids is 1.